The Kier molecular flexibility index (Phi) is 2.92. The number of thiol groups is 1. The summed E-state index contributed by atoms with van der Waals surface area (Å²) in [7, 11) is 0. The second kappa shape index (κ2) is 4.58. The molecular weight excluding hydrogens is 240 g/mol. The molecule has 0 bridgehead atoms. The normalized spacial score (nSPS) is 11.2. The predicted molar refractivity (Wildman–Crippen MR) is 79.1 cm³/mol. The number of fused-ring (bicyclic) bond motifs is 3. The molecular formula is C15H14N2S. The highest BCUT2D eigenvalue weighted by Crippen LogP contribution is 2.31. The van der Waals surface area contributed by atoms with Crippen LogP contribution in [-0.4, -0.2) is 9.97 Å². The van der Waals surface area contributed by atoms with Gasteiger partial charge in [-0.05, 0) is 29.7 Å². The van der Waals surface area contributed by atoms with Gasteiger partial charge in [0.05, 0.1) is 11.0 Å². The van der Waals surface area contributed by atoms with E-state index in [-0.39, 0.29) is 0 Å². The number of benzene rings is 1. The van der Waals surface area contributed by atoms with E-state index in [1.54, 1.807) is 0 Å². The van der Waals surface area contributed by atoms with Crippen molar-refractivity contribution in [2.45, 2.75) is 19.1 Å². The molecule has 2 heterocycles. The van der Waals surface area contributed by atoms with Crippen molar-refractivity contribution in [2.75, 3.05) is 0 Å². The van der Waals surface area contributed by atoms with E-state index in [2.05, 4.69) is 41.7 Å². The van der Waals surface area contributed by atoms with E-state index in [9.17, 15) is 0 Å². The van der Waals surface area contributed by atoms with Crippen LogP contribution in [0.2, 0.25) is 0 Å². The highest BCUT2D eigenvalue weighted by molar-refractivity contribution is 7.79. The number of nitrogens with zero attached hydrogens (tertiary/aromatic N) is 2. The molecule has 0 aliphatic rings. The van der Waals surface area contributed by atoms with Crippen molar-refractivity contribution in [3.05, 3.63) is 47.8 Å². The van der Waals surface area contributed by atoms with Crippen LogP contribution in [0.25, 0.3) is 21.8 Å². The van der Waals surface area contributed by atoms with Crippen molar-refractivity contribution in [3.63, 3.8) is 0 Å². The maximum Gasteiger partial charge on any atom is 0.0967 e. The van der Waals surface area contributed by atoms with Gasteiger partial charge in [-0.15, -0.1) is 0 Å². The van der Waals surface area contributed by atoms with Gasteiger partial charge in [0.15, 0.2) is 0 Å². The van der Waals surface area contributed by atoms with Crippen molar-refractivity contribution in [1.29, 1.82) is 0 Å². The number of pyridine rings is 2. The van der Waals surface area contributed by atoms with Gasteiger partial charge in [-0.3, -0.25) is 9.97 Å². The number of hydrogen-bond donors (Lipinski definition) is 1. The molecule has 1 aromatic carbocycles. The van der Waals surface area contributed by atoms with Crippen LogP contribution in [0.4, 0.5) is 0 Å². The topological polar surface area (TPSA) is 25.8 Å². The van der Waals surface area contributed by atoms with Gasteiger partial charge in [0, 0.05) is 28.9 Å². The molecule has 0 atom stereocenters. The van der Waals surface area contributed by atoms with Crippen molar-refractivity contribution in [3.8, 4) is 0 Å². The third kappa shape index (κ3) is 1.58. The van der Waals surface area contributed by atoms with Gasteiger partial charge >= 0.3 is 0 Å². The first-order valence-electron chi connectivity index (χ1n) is 6.10. The molecule has 3 aromatic rings. The molecule has 3 heteroatoms. The first-order chi connectivity index (χ1) is 8.86. The second-order valence-corrected chi connectivity index (χ2v) is 4.58. The smallest absolute Gasteiger partial charge is 0.0967 e. The maximum absolute atomic E-state index is 4.51. The molecule has 2 nitrogen and oxygen atoms in total. The lowest BCUT2D eigenvalue weighted by atomic mass is 9.96. The third-order valence-electron chi connectivity index (χ3n) is 3.37. The summed E-state index contributed by atoms with van der Waals surface area (Å²) in [5.74, 6) is 0.732. The lowest BCUT2D eigenvalue weighted by Crippen LogP contribution is -1.97. The molecule has 3 rings (SSSR count). The van der Waals surface area contributed by atoms with Gasteiger partial charge in [0.2, 0.25) is 0 Å². The fraction of sp³-hybridized carbons (Fsp3) is 0.200. The summed E-state index contributed by atoms with van der Waals surface area (Å²) >= 11 is 4.49. The quantitative estimate of drug-likeness (QED) is 0.556. The van der Waals surface area contributed by atoms with E-state index in [0.717, 1.165) is 23.2 Å². The minimum Gasteiger partial charge on any atom is -0.254 e. The molecule has 0 saturated heterocycles. The zero-order valence-corrected chi connectivity index (χ0v) is 11.1. The van der Waals surface area contributed by atoms with E-state index in [4.69, 9.17) is 0 Å². The van der Waals surface area contributed by atoms with Crippen LogP contribution in [0, 0.1) is 0 Å². The first-order valence-corrected chi connectivity index (χ1v) is 6.74. The monoisotopic (exact) mass is 254 g/mol. The Labute approximate surface area is 111 Å². The Hall–Kier alpha value is -1.61. The summed E-state index contributed by atoms with van der Waals surface area (Å²) in [6, 6.07) is 8.20. The number of hydrogen-bond acceptors (Lipinski definition) is 3. The summed E-state index contributed by atoms with van der Waals surface area (Å²) in [5.41, 5.74) is 4.60. The Bertz CT molecular complexity index is 659. The SMILES string of the molecule is CCc1c(CS)c2cccnc2c2ncccc12. The molecule has 0 aliphatic heterocycles. The standard InChI is InChI=1S/C15H14N2S/c1-2-10-11-5-3-7-16-14(11)15-12(13(10)9-18)6-4-8-17-15/h3-8,18H,2,9H2,1H3. The van der Waals surface area contributed by atoms with Crippen LogP contribution in [-0.2, 0) is 12.2 Å². The van der Waals surface area contributed by atoms with E-state index < -0.39 is 0 Å². The molecule has 18 heavy (non-hydrogen) atoms. The molecule has 2 aromatic heterocycles. The predicted octanol–water partition coefficient (Wildman–Crippen LogP) is 3.78. The van der Waals surface area contributed by atoms with Crippen LogP contribution in [0.15, 0.2) is 36.7 Å². The van der Waals surface area contributed by atoms with Gasteiger partial charge in [0.1, 0.15) is 0 Å². The minimum absolute atomic E-state index is 0.732. The molecule has 90 valence electrons. The molecule has 0 aliphatic carbocycles. The van der Waals surface area contributed by atoms with Gasteiger partial charge in [-0.1, -0.05) is 19.1 Å². The molecule has 0 spiro atoms. The zero-order valence-electron chi connectivity index (χ0n) is 10.2. The van der Waals surface area contributed by atoms with Gasteiger partial charge in [-0.2, -0.15) is 12.6 Å². The Morgan fingerprint density at radius 2 is 1.50 bits per heavy atom. The van der Waals surface area contributed by atoms with Crippen LogP contribution in [0.1, 0.15) is 18.1 Å². The van der Waals surface area contributed by atoms with Gasteiger partial charge < -0.3 is 0 Å². The van der Waals surface area contributed by atoms with Crippen LogP contribution in [0.3, 0.4) is 0 Å². The minimum atomic E-state index is 0.732. The fourth-order valence-corrected chi connectivity index (χ4v) is 2.95. The molecule has 0 unspecified atom stereocenters. The summed E-state index contributed by atoms with van der Waals surface area (Å²) < 4.78 is 0. The molecule has 0 fully saturated rings. The third-order valence-corrected chi connectivity index (χ3v) is 3.68. The molecule has 0 saturated carbocycles. The first kappa shape index (κ1) is 11.5. The van der Waals surface area contributed by atoms with E-state index >= 15 is 0 Å². The van der Waals surface area contributed by atoms with E-state index in [1.807, 2.05) is 24.5 Å². The Morgan fingerprint density at radius 1 is 0.944 bits per heavy atom. The lowest BCUT2D eigenvalue weighted by molar-refractivity contribution is 1.13. The van der Waals surface area contributed by atoms with Crippen LogP contribution in [0.5, 0.6) is 0 Å². The molecule has 0 radical (unpaired) electrons. The summed E-state index contributed by atoms with van der Waals surface area (Å²) in [5, 5.41) is 2.38. The largest absolute Gasteiger partial charge is 0.254 e. The number of aromatic nitrogens is 2. The molecule has 0 amide bonds. The van der Waals surface area contributed by atoms with Crippen molar-refractivity contribution in [1.82, 2.24) is 9.97 Å². The lowest BCUT2D eigenvalue weighted by Gasteiger charge is -2.13. The summed E-state index contributed by atoms with van der Waals surface area (Å²) in [4.78, 5) is 9.00. The summed E-state index contributed by atoms with van der Waals surface area (Å²) in [6.45, 7) is 2.18. The average molecular weight is 254 g/mol. The number of aryl methyl sites for hydroxylation is 1. The maximum atomic E-state index is 4.51. The van der Waals surface area contributed by atoms with Gasteiger partial charge in [-0.25, -0.2) is 0 Å². The highest BCUT2D eigenvalue weighted by Gasteiger charge is 2.13. The van der Waals surface area contributed by atoms with Gasteiger partial charge in [0.25, 0.3) is 0 Å². The van der Waals surface area contributed by atoms with Crippen LogP contribution >= 0.6 is 12.6 Å². The van der Waals surface area contributed by atoms with Crippen molar-refractivity contribution < 1.29 is 0 Å². The Balaban J connectivity index is 2.61. The molecule has 0 N–H and O–H groups in total. The Morgan fingerprint density at radius 3 is 2.00 bits per heavy atom. The van der Waals surface area contributed by atoms with Crippen LogP contribution < -0.4 is 0 Å². The average Bonchev–Trinajstić information content (AvgIpc) is 2.45. The van der Waals surface area contributed by atoms with Crippen molar-refractivity contribution >= 4 is 34.4 Å². The van der Waals surface area contributed by atoms with E-state index in [0.29, 0.717) is 0 Å². The highest BCUT2D eigenvalue weighted by atomic mass is 32.1. The number of rotatable bonds is 2. The second-order valence-electron chi connectivity index (χ2n) is 4.27. The van der Waals surface area contributed by atoms with E-state index in [1.165, 1.54) is 21.9 Å². The zero-order chi connectivity index (χ0) is 12.5. The van der Waals surface area contributed by atoms with Crippen molar-refractivity contribution in [2.24, 2.45) is 0 Å². The fourth-order valence-electron chi connectivity index (χ4n) is 2.58. The summed E-state index contributed by atoms with van der Waals surface area (Å²) in [6.07, 6.45) is 4.64.